The smallest absolute Gasteiger partial charge is 0.265 e. The zero-order valence-electron chi connectivity index (χ0n) is 19.3. The number of hydrogen-bond donors (Lipinski definition) is 1. The lowest BCUT2D eigenvalue weighted by Crippen LogP contribution is -2.31. The Bertz CT molecular complexity index is 1290. The van der Waals surface area contributed by atoms with Crippen LogP contribution < -0.4 is 9.46 Å². The fourth-order valence-corrected chi connectivity index (χ4v) is 5.69. The average Bonchev–Trinajstić information content (AvgIpc) is 2.77. The maximum absolute atomic E-state index is 13.1. The van der Waals surface area contributed by atoms with Gasteiger partial charge in [0, 0.05) is 20.6 Å². The van der Waals surface area contributed by atoms with Gasteiger partial charge in [-0.25, -0.2) is 13.1 Å². The van der Waals surface area contributed by atoms with Crippen molar-refractivity contribution in [1.82, 2.24) is 4.72 Å². The van der Waals surface area contributed by atoms with Crippen molar-refractivity contribution in [2.45, 2.75) is 38.5 Å². The molecule has 0 saturated carbocycles. The molecule has 3 aromatic rings. The molecule has 5 nitrogen and oxygen atoms in total. The molecule has 3 rings (SSSR count). The number of amides is 1. The molecule has 0 aromatic heterocycles. The summed E-state index contributed by atoms with van der Waals surface area (Å²) in [6, 6.07) is 17.2. The van der Waals surface area contributed by atoms with Crippen LogP contribution in [0.5, 0.6) is 5.75 Å². The number of nitrogens with one attached hydrogen (secondary N) is 1. The molecule has 3 aromatic carbocycles. The van der Waals surface area contributed by atoms with E-state index in [2.05, 4.69) is 20.7 Å². The van der Waals surface area contributed by atoms with Crippen LogP contribution in [0, 0.1) is 5.92 Å². The number of hydrogen-bond acceptors (Lipinski definition) is 4. The Hall–Kier alpha value is -2.35. The van der Waals surface area contributed by atoms with E-state index >= 15 is 0 Å². The number of sulfonamides is 1. The van der Waals surface area contributed by atoms with Gasteiger partial charge in [0.25, 0.3) is 15.9 Å². The van der Waals surface area contributed by atoms with Gasteiger partial charge in [-0.2, -0.15) is 0 Å². The fourth-order valence-electron chi connectivity index (χ4n) is 3.55. The number of carbonyl (C=O) groups is 1. The Labute approximate surface area is 214 Å². The van der Waals surface area contributed by atoms with Gasteiger partial charge in [-0.15, -0.1) is 0 Å². The molecule has 0 aliphatic heterocycles. The lowest BCUT2D eigenvalue weighted by atomic mass is 9.93. The first kappa shape index (κ1) is 26.3. The van der Waals surface area contributed by atoms with Gasteiger partial charge in [0.1, 0.15) is 10.6 Å². The van der Waals surface area contributed by atoms with E-state index in [1.165, 1.54) is 6.07 Å². The van der Waals surface area contributed by atoms with Gasteiger partial charge in [-0.3, -0.25) is 4.79 Å². The average molecular weight is 565 g/mol. The zero-order chi connectivity index (χ0) is 24.9. The second-order valence-corrected chi connectivity index (χ2v) is 11.3. The summed E-state index contributed by atoms with van der Waals surface area (Å²) in [4.78, 5) is 13.1. The Balaban J connectivity index is 2.01. The van der Waals surface area contributed by atoms with Crippen LogP contribution in [0.3, 0.4) is 0 Å². The fraction of sp³-hybridized carbons (Fsp3) is 0.269. The predicted molar refractivity (Wildman–Crippen MR) is 140 cm³/mol. The standard InChI is InChI=1S/C26H27BrClNO4S/c1-4-13-33-24-12-10-20(28)16-22(24)18-9-11-21(19(15-18)14-17(2)3)26(30)29-34(31,32)25-8-6-5-7-23(25)27/h5-12,15-17H,4,13-14H2,1-3H3,(H,29,30). The molecule has 8 heteroatoms. The summed E-state index contributed by atoms with van der Waals surface area (Å²) in [5.74, 6) is 0.277. The van der Waals surface area contributed by atoms with Gasteiger partial charge in [0.2, 0.25) is 0 Å². The van der Waals surface area contributed by atoms with Crippen molar-refractivity contribution in [3.63, 3.8) is 0 Å². The molecule has 0 fully saturated rings. The molecule has 0 radical (unpaired) electrons. The lowest BCUT2D eigenvalue weighted by Gasteiger charge is -2.16. The van der Waals surface area contributed by atoms with Crippen LogP contribution in [0.25, 0.3) is 11.1 Å². The highest BCUT2D eigenvalue weighted by molar-refractivity contribution is 9.10. The van der Waals surface area contributed by atoms with E-state index in [4.69, 9.17) is 16.3 Å². The summed E-state index contributed by atoms with van der Waals surface area (Å²) in [6.07, 6.45) is 1.46. The monoisotopic (exact) mass is 563 g/mol. The lowest BCUT2D eigenvalue weighted by molar-refractivity contribution is 0.0980. The number of benzene rings is 3. The van der Waals surface area contributed by atoms with Crippen LogP contribution in [0.4, 0.5) is 0 Å². The highest BCUT2D eigenvalue weighted by Crippen LogP contribution is 2.34. The van der Waals surface area contributed by atoms with Gasteiger partial charge in [-0.05, 0) is 82.2 Å². The molecule has 0 bridgehead atoms. The Morgan fingerprint density at radius 1 is 1.09 bits per heavy atom. The minimum absolute atomic E-state index is 0.00187. The van der Waals surface area contributed by atoms with Crippen LogP contribution in [0.15, 0.2) is 70.0 Å². The molecule has 0 unspecified atom stereocenters. The van der Waals surface area contributed by atoms with E-state index in [1.807, 2.05) is 39.0 Å². The van der Waals surface area contributed by atoms with Crippen molar-refractivity contribution in [2.75, 3.05) is 6.61 Å². The summed E-state index contributed by atoms with van der Waals surface area (Å²) in [7, 11) is -4.05. The SMILES string of the molecule is CCCOc1ccc(Cl)cc1-c1ccc(C(=O)NS(=O)(=O)c2ccccc2Br)c(CC(C)C)c1. The third kappa shape index (κ3) is 6.40. The van der Waals surface area contributed by atoms with Gasteiger partial charge < -0.3 is 4.74 Å². The maximum Gasteiger partial charge on any atom is 0.265 e. The van der Waals surface area contributed by atoms with Crippen molar-refractivity contribution >= 4 is 43.5 Å². The third-order valence-corrected chi connectivity index (χ3v) is 7.62. The number of halogens is 2. The second kappa shape index (κ2) is 11.4. The van der Waals surface area contributed by atoms with Crippen LogP contribution in [0.1, 0.15) is 43.1 Å². The van der Waals surface area contributed by atoms with E-state index in [9.17, 15) is 13.2 Å². The minimum atomic E-state index is -4.05. The van der Waals surface area contributed by atoms with E-state index < -0.39 is 15.9 Å². The topological polar surface area (TPSA) is 72.5 Å². The van der Waals surface area contributed by atoms with Crippen molar-refractivity contribution < 1.29 is 17.9 Å². The summed E-state index contributed by atoms with van der Waals surface area (Å²) < 4.78 is 34.2. The first-order chi connectivity index (χ1) is 16.1. The molecule has 1 amide bonds. The number of rotatable bonds is 9. The molecular formula is C26H27BrClNO4S. The van der Waals surface area contributed by atoms with Gasteiger partial charge in [0.05, 0.1) is 6.61 Å². The van der Waals surface area contributed by atoms with E-state index in [1.54, 1.807) is 36.4 Å². The molecule has 0 aliphatic carbocycles. The normalized spacial score (nSPS) is 11.5. The molecule has 1 N–H and O–H groups in total. The van der Waals surface area contributed by atoms with Crippen molar-refractivity contribution in [3.05, 3.63) is 81.3 Å². The Morgan fingerprint density at radius 2 is 1.82 bits per heavy atom. The van der Waals surface area contributed by atoms with Crippen LogP contribution in [0.2, 0.25) is 5.02 Å². The molecular weight excluding hydrogens is 538 g/mol. The largest absolute Gasteiger partial charge is 0.493 e. The molecule has 0 atom stereocenters. The Kier molecular flexibility index (Phi) is 8.79. The molecule has 0 aliphatic rings. The van der Waals surface area contributed by atoms with Crippen LogP contribution in [-0.4, -0.2) is 20.9 Å². The van der Waals surface area contributed by atoms with Crippen molar-refractivity contribution in [2.24, 2.45) is 5.92 Å². The summed E-state index contributed by atoms with van der Waals surface area (Å²) in [5, 5.41) is 0.575. The zero-order valence-corrected chi connectivity index (χ0v) is 22.4. The quantitative estimate of drug-likeness (QED) is 0.308. The van der Waals surface area contributed by atoms with Crippen LogP contribution in [-0.2, 0) is 16.4 Å². The van der Waals surface area contributed by atoms with Crippen molar-refractivity contribution in [1.29, 1.82) is 0 Å². The van der Waals surface area contributed by atoms with Gasteiger partial charge in [0.15, 0.2) is 0 Å². The summed E-state index contributed by atoms with van der Waals surface area (Å²) >= 11 is 9.50. The second-order valence-electron chi connectivity index (χ2n) is 8.32. The molecule has 0 spiro atoms. The Morgan fingerprint density at radius 3 is 2.50 bits per heavy atom. The molecule has 34 heavy (non-hydrogen) atoms. The van der Waals surface area contributed by atoms with E-state index in [0.29, 0.717) is 33.8 Å². The van der Waals surface area contributed by atoms with Gasteiger partial charge in [-0.1, -0.05) is 56.6 Å². The van der Waals surface area contributed by atoms with Crippen LogP contribution >= 0.6 is 27.5 Å². The van der Waals surface area contributed by atoms with E-state index in [0.717, 1.165) is 23.1 Å². The highest BCUT2D eigenvalue weighted by Gasteiger charge is 2.23. The molecule has 0 saturated heterocycles. The number of carbonyl (C=O) groups excluding carboxylic acids is 1. The minimum Gasteiger partial charge on any atom is -0.493 e. The predicted octanol–water partition coefficient (Wildman–Crippen LogP) is 6.88. The third-order valence-electron chi connectivity index (χ3n) is 5.05. The summed E-state index contributed by atoms with van der Waals surface area (Å²) in [5.41, 5.74) is 2.72. The highest BCUT2D eigenvalue weighted by atomic mass is 79.9. The number of ether oxygens (including phenoxy) is 1. The first-order valence-corrected chi connectivity index (χ1v) is 13.6. The maximum atomic E-state index is 13.1. The summed E-state index contributed by atoms with van der Waals surface area (Å²) in [6.45, 7) is 6.69. The van der Waals surface area contributed by atoms with Crippen molar-refractivity contribution in [3.8, 4) is 16.9 Å². The van der Waals surface area contributed by atoms with Gasteiger partial charge >= 0.3 is 0 Å². The van der Waals surface area contributed by atoms with E-state index in [-0.39, 0.29) is 10.8 Å². The first-order valence-electron chi connectivity index (χ1n) is 11.0. The molecule has 0 heterocycles. The molecule has 180 valence electrons.